The Bertz CT molecular complexity index is 539. The summed E-state index contributed by atoms with van der Waals surface area (Å²) < 4.78 is 23.5. The Morgan fingerprint density at radius 2 is 1.95 bits per heavy atom. The first-order valence-corrected chi connectivity index (χ1v) is 8.48. The Morgan fingerprint density at radius 3 is 2.37 bits per heavy atom. The first kappa shape index (κ1) is 14.3. The standard InChI is InChI=1S/C14H22N2O2S/c1-3-12-4-6-13(7-5-12)16(2)14(10-15)8-9-19(17,18)11-14/h4-7H,3,8-11,15H2,1-2H3. The van der Waals surface area contributed by atoms with Crippen molar-refractivity contribution in [2.45, 2.75) is 25.3 Å². The van der Waals surface area contributed by atoms with Gasteiger partial charge in [-0.1, -0.05) is 19.1 Å². The summed E-state index contributed by atoms with van der Waals surface area (Å²) in [5.74, 6) is 0.393. The monoisotopic (exact) mass is 282 g/mol. The van der Waals surface area contributed by atoms with Crippen LogP contribution in [0.4, 0.5) is 5.69 Å². The highest BCUT2D eigenvalue weighted by molar-refractivity contribution is 7.91. The van der Waals surface area contributed by atoms with Crippen molar-refractivity contribution in [3.63, 3.8) is 0 Å². The highest BCUT2D eigenvalue weighted by Crippen LogP contribution is 2.32. The largest absolute Gasteiger partial charge is 0.367 e. The maximum Gasteiger partial charge on any atom is 0.152 e. The van der Waals surface area contributed by atoms with Gasteiger partial charge in [0.2, 0.25) is 0 Å². The highest BCUT2D eigenvalue weighted by atomic mass is 32.2. The molecule has 1 heterocycles. The van der Waals surface area contributed by atoms with Gasteiger partial charge >= 0.3 is 0 Å². The van der Waals surface area contributed by atoms with Crippen molar-refractivity contribution in [2.24, 2.45) is 5.73 Å². The molecule has 0 bridgehead atoms. The molecule has 5 heteroatoms. The number of anilines is 1. The minimum absolute atomic E-state index is 0.155. The molecule has 1 saturated heterocycles. The Morgan fingerprint density at radius 1 is 1.32 bits per heavy atom. The van der Waals surface area contributed by atoms with Gasteiger partial charge in [0.25, 0.3) is 0 Å². The lowest BCUT2D eigenvalue weighted by atomic mass is 9.96. The number of aryl methyl sites for hydroxylation is 1. The van der Waals surface area contributed by atoms with Crippen LogP contribution in [0.1, 0.15) is 18.9 Å². The molecule has 0 radical (unpaired) electrons. The summed E-state index contributed by atoms with van der Waals surface area (Å²) in [4.78, 5) is 2.04. The highest BCUT2D eigenvalue weighted by Gasteiger charge is 2.44. The molecule has 2 rings (SSSR count). The molecule has 1 aliphatic heterocycles. The molecule has 1 atom stereocenters. The van der Waals surface area contributed by atoms with E-state index in [1.165, 1.54) is 5.56 Å². The van der Waals surface area contributed by atoms with Crippen molar-refractivity contribution in [3.05, 3.63) is 29.8 Å². The van der Waals surface area contributed by atoms with E-state index in [0.29, 0.717) is 13.0 Å². The molecule has 1 aromatic carbocycles. The smallest absolute Gasteiger partial charge is 0.152 e. The molecule has 106 valence electrons. The fraction of sp³-hybridized carbons (Fsp3) is 0.571. The van der Waals surface area contributed by atoms with Crippen molar-refractivity contribution >= 4 is 15.5 Å². The Hall–Kier alpha value is -1.07. The molecular weight excluding hydrogens is 260 g/mol. The van der Waals surface area contributed by atoms with Crippen molar-refractivity contribution in [3.8, 4) is 0 Å². The van der Waals surface area contributed by atoms with Crippen LogP contribution in [0.25, 0.3) is 0 Å². The fourth-order valence-corrected chi connectivity index (χ4v) is 4.80. The normalized spacial score (nSPS) is 25.4. The summed E-state index contributed by atoms with van der Waals surface area (Å²) in [6, 6.07) is 8.25. The fourth-order valence-electron chi connectivity index (χ4n) is 2.69. The summed E-state index contributed by atoms with van der Waals surface area (Å²) in [7, 11) is -1.01. The van der Waals surface area contributed by atoms with Crippen molar-refractivity contribution in [2.75, 3.05) is 30.0 Å². The minimum Gasteiger partial charge on any atom is -0.367 e. The average molecular weight is 282 g/mol. The van der Waals surface area contributed by atoms with Crippen LogP contribution in [-0.4, -0.2) is 39.1 Å². The van der Waals surface area contributed by atoms with Crippen LogP contribution in [0.15, 0.2) is 24.3 Å². The summed E-state index contributed by atoms with van der Waals surface area (Å²) in [6.45, 7) is 2.47. The van der Waals surface area contributed by atoms with Gasteiger partial charge in [0.15, 0.2) is 9.84 Å². The molecule has 0 amide bonds. The molecular formula is C14H22N2O2S. The van der Waals surface area contributed by atoms with Crippen molar-refractivity contribution in [1.29, 1.82) is 0 Å². The number of sulfone groups is 1. The van der Waals surface area contributed by atoms with Gasteiger partial charge in [0.1, 0.15) is 0 Å². The van der Waals surface area contributed by atoms with E-state index in [4.69, 9.17) is 5.73 Å². The molecule has 2 N–H and O–H groups in total. The summed E-state index contributed by atoms with van der Waals surface area (Å²) >= 11 is 0. The van der Waals surface area contributed by atoms with Crippen molar-refractivity contribution in [1.82, 2.24) is 0 Å². The summed E-state index contributed by atoms with van der Waals surface area (Å²) in [5.41, 5.74) is 7.73. The number of likely N-dealkylation sites (N-methyl/N-ethyl adjacent to an activating group) is 1. The van der Waals surface area contributed by atoms with Crippen LogP contribution >= 0.6 is 0 Å². The van der Waals surface area contributed by atoms with Gasteiger partial charge in [-0.2, -0.15) is 0 Å². The average Bonchev–Trinajstić information content (AvgIpc) is 2.75. The first-order valence-electron chi connectivity index (χ1n) is 6.66. The van der Waals surface area contributed by atoms with E-state index in [1.807, 2.05) is 24.1 Å². The molecule has 1 unspecified atom stereocenters. The van der Waals surface area contributed by atoms with Crippen LogP contribution in [0.5, 0.6) is 0 Å². The van der Waals surface area contributed by atoms with Gasteiger partial charge in [-0.05, 0) is 30.5 Å². The zero-order valence-electron chi connectivity index (χ0n) is 11.6. The predicted octanol–water partition coefficient (Wildman–Crippen LogP) is 1.20. The van der Waals surface area contributed by atoms with E-state index < -0.39 is 15.4 Å². The predicted molar refractivity (Wildman–Crippen MR) is 79.3 cm³/mol. The molecule has 1 fully saturated rings. The van der Waals surface area contributed by atoms with E-state index in [2.05, 4.69) is 19.1 Å². The lowest BCUT2D eigenvalue weighted by Crippen LogP contribution is -2.53. The number of nitrogens with zero attached hydrogens (tertiary/aromatic N) is 1. The van der Waals surface area contributed by atoms with Gasteiger partial charge in [-0.25, -0.2) is 8.42 Å². The quantitative estimate of drug-likeness (QED) is 0.901. The lowest BCUT2D eigenvalue weighted by molar-refractivity contribution is 0.462. The van der Waals surface area contributed by atoms with Crippen LogP contribution in [0.3, 0.4) is 0 Å². The Labute approximate surface area is 115 Å². The van der Waals surface area contributed by atoms with E-state index in [9.17, 15) is 8.42 Å². The van der Waals surface area contributed by atoms with E-state index in [0.717, 1.165) is 12.1 Å². The molecule has 19 heavy (non-hydrogen) atoms. The van der Waals surface area contributed by atoms with Gasteiger partial charge in [-0.15, -0.1) is 0 Å². The lowest BCUT2D eigenvalue weighted by Gasteiger charge is -2.38. The number of rotatable bonds is 4. The van der Waals surface area contributed by atoms with E-state index in [-0.39, 0.29) is 11.5 Å². The molecule has 0 aliphatic carbocycles. The second-order valence-corrected chi connectivity index (χ2v) is 7.53. The zero-order chi connectivity index (χ0) is 14.1. The molecule has 0 spiro atoms. The number of benzene rings is 1. The molecule has 4 nitrogen and oxygen atoms in total. The second-order valence-electron chi connectivity index (χ2n) is 5.35. The van der Waals surface area contributed by atoms with Crippen LogP contribution < -0.4 is 10.6 Å². The van der Waals surface area contributed by atoms with Crippen molar-refractivity contribution < 1.29 is 8.42 Å². The zero-order valence-corrected chi connectivity index (χ0v) is 12.4. The molecule has 0 saturated carbocycles. The first-order chi connectivity index (χ1) is 8.92. The minimum atomic E-state index is -2.95. The van der Waals surface area contributed by atoms with E-state index >= 15 is 0 Å². The maximum absolute atomic E-state index is 11.8. The van der Waals surface area contributed by atoms with Crippen LogP contribution in [-0.2, 0) is 16.3 Å². The SMILES string of the molecule is CCc1ccc(N(C)C2(CN)CCS(=O)(=O)C2)cc1. The third-order valence-electron chi connectivity index (χ3n) is 4.19. The number of hydrogen-bond donors (Lipinski definition) is 1. The summed E-state index contributed by atoms with van der Waals surface area (Å²) in [5, 5.41) is 0. The van der Waals surface area contributed by atoms with Crippen LogP contribution in [0.2, 0.25) is 0 Å². The topological polar surface area (TPSA) is 63.4 Å². The van der Waals surface area contributed by atoms with Gasteiger partial charge in [-0.3, -0.25) is 0 Å². The van der Waals surface area contributed by atoms with Gasteiger partial charge in [0, 0.05) is 19.3 Å². The molecule has 1 aliphatic rings. The Balaban J connectivity index is 2.28. The number of hydrogen-bond acceptors (Lipinski definition) is 4. The van der Waals surface area contributed by atoms with Crippen LogP contribution in [0, 0.1) is 0 Å². The van der Waals surface area contributed by atoms with Gasteiger partial charge < -0.3 is 10.6 Å². The Kier molecular flexibility index (Phi) is 3.87. The second kappa shape index (κ2) is 5.13. The van der Waals surface area contributed by atoms with E-state index in [1.54, 1.807) is 0 Å². The summed E-state index contributed by atoms with van der Waals surface area (Å²) in [6.07, 6.45) is 1.61. The third kappa shape index (κ3) is 2.77. The number of nitrogens with two attached hydrogens (primary N) is 1. The third-order valence-corrected chi connectivity index (χ3v) is 5.99. The van der Waals surface area contributed by atoms with Gasteiger partial charge in [0.05, 0.1) is 17.0 Å². The maximum atomic E-state index is 11.8. The molecule has 1 aromatic rings. The molecule has 0 aromatic heterocycles.